The molecule has 0 aliphatic heterocycles. The number of hydrogen-bond donors (Lipinski definition) is 1. The van der Waals surface area contributed by atoms with Crippen molar-refractivity contribution in [3.8, 4) is 0 Å². The van der Waals surface area contributed by atoms with Crippen molar-refractivity contribution in [3.05, 3.63) is 0 Å². The number of carbonyl (C=O) groups excluding carboxylic acids is 4. The molecule has 1 amide bonds. The van der Waals surface area contributed by atoms with E-state index in [0.717, 1.165) is 0 Å². The molecular weight excluding hydrogens is 202 g/mol. The molecule has 6 heteroatoms. The minimum Gasteiger partial charge on any atom is -0.341 e. The maximum Gasteiger partial charge on any atom is 0.332 e. The molecule has 84 valence electrons. The number of hydroxylamine groups is 1. The summed E-state index contributed by atoms with van der Waals surface area (Å²) in [5.41, 5.74) is 1.91. The highest BCUT2D eigenvalue weighted by Crippen LogP contribution is 1.94. The number of amides is 1. The maximum atomic E-state index is 10.9. The van der Waals surface area contributed by atoms with Crippen LogP contribution in [-0.4, -0.2) is 24.4 Å². The normalized spacial score (nSPS) is 9.07. The zero-order valence-electron chi connectivity index (χ0n) is 8.23. The monoisotopic (exact) mass is 215 g/mol. The second-order valence-corrected chi connectivity index (χ2v) is 2.76. The fourth-order valence-electron chi connectivity index (χ4n) is 0.736. The van der Waals surface area contributed by atoms with Crippen molar-refractivity contribution in [2.75, 3.05) is 0 Å². The third-order valence-electron chi connectivity index (χ3n) is 1.47. The third-order valence-corrected chi connectivity index (χ3v) is 1.47. The van der Waals surface area contributed by atoms with E-state index < -0.39 is 11.9 Å². The maximum absolute atomic E-state index is 10.9. The Labute approximate surface area is 86.9 Å². The number of unbranched alkanes of at least 4 members (excludes halogenated alkanes) is 1. The molecule has 0 bridgehead atoms. The number of nitrogens with one attached hydrogen (secondary N) is 1. The summed E-state index contributed by atoms with van der Waals surface area (Å²) < 4.78 is 0. The number of rotatable bonds is 7. The van der Waals surface area contributed by atoms with Gasteiger partial charge in [0.15, 0.2) is 0 Å². The third kappa shape index (κ3) is 8.61. The van der Waals surface area contributed by atoms with Crippen molar-refractivity contribution in [1.29, 1.82) is 0 Å². The molecular formula is C9H13NO5. The largest absolute Gasteiger partial charge is 0.341 e. The molecule has 0 saturated carbocycles. The van der Waals surface area contributed by atoms with Gasteiger partial charge in [0, 0.05) is 25.7 Å². The number of carbonyl (C=O) groups is 4. The fraction of sp³-hybridized carbons (Fsp3) is 0.556. The molecule has 1 N–H and O–H groups in total. The Hall–Kier alpha value is -1.72. The summed E-state index contributed by atoms with van der Waals surface area (Å²) >= 11 is 0. The van der Waals surface area contributed by atoms with Gasteiger partial charge in [0.2, 0.25) is 0 Å². The van der Waals surface area contributed by atoms with Crippen LogP contribution in [0.2, 0.25) is 0 Å². The fourth-order valence-corrected chi connectivity index (χ4v) is 0.736. The Morgan fingerprint density at radius 2 is 1.73 bits per heavy atom. The average Bonchev–Trinajstić information content (AvgIpc) is 2.24. The van der Waals surface area contributed by atoms with E-state index in [1.165, 1.54) is 0 Å². The van der Waals surface area contributed by atoms with Crippen LogP contribution in [-0.2, 0) is 24.0 Å². The smallest absolute Gasteiger partial charge is 0.332 e. The Morgan fingerprint density at radius 1 is 1.07 bits per heavy atom. The molecule has 0 spiro atoms. The molecule has 0 aliphatic carbocycles. The van der Waals surface area contributed by atoms with Gasteiger partial charge >= 0.3 is 5.97 Å². The first-order chi connectivity index (χ1) is 7.20. The van der Waals surface area contributed by atoms with Gasteiger partial charge in [-0.3, -0.25) is 4.79 Å². The molecule has 0 saturated heterocycles. The number of aldehydes is 2. The van der Waals surface area contributed by atoms with Crippen molar-refractivity contribution < 1.29 is 24.0 Å². The van der Waals surface area contributed by atoms with Crippen LogP contribution in [0.1, 0.15) is 32.1 Å². The van der Waals surface area contributed by atoms with E-state index in [1.54, 1.807) is 0 Å². The molecule has 0 rings (SSSR count). The van der Waals surface area contributed by atoms with Crippen LogP contribution in [0.3, 0.4) is 0 Å². The lowest BCUT2D eigenvalue weighted by molar-refractivity contribution is -0.158. The molecule has 0 radical (unpaired) electrons. The zero-order valence-corrected chi connectivity index (χ0v) is 8.23. The van der Waals surface area contributed by atoms with Gasteiger partial charge in [0.25, 0.3) is 5.91 Å². The summed E-state index contributed by atoms with van der Waals surface area (Å²) in [4.78, 5) is 45.9. The van der Waals surface area contributed by atoms with Gasteiger partial charge in [0.1, 0.15) is 12.6 Å². The summed E-state index contributed by atoms with van der Waals surface area (Å²) in [6.07, 6.45) is 2.15. The second kappa shape index (κ2) is 8.86. The average molecular weight is 215 g/mol. The molecule has 6 nitrogen and oxygen atoms in total. The summed E-state index contributed by atoms with van der Waals surface area (Å²) in [6, 6.07) is 0. The highest BCUT2D eigenvalue weighted by Gasteiger charge is 2.05. The van der Waals surface area contributed by atoms with Crippen molar-refractivity contribution >= 4 is 24.4 Å². The topological polar surface area (TPSA) is 89.5 Å². The van der Waals surface area contributed by atoms with Gasteiger partial charge in [-0.15, -0.1) is 0 Å². The van der Waals surface area contributed by atoms with Crippen LogP contribution < -0.4 is 5.48 Å². The van der Waals surface area contributed by atoms with E-state index >= 15 is 0 Å². The van der Waals surface area contributed by atoms with Crippen LogP contribution in [0, 0.1) is 0 Å². The molecule has 0 fully saturated rings. The first kappa shape index (κ1) is 13.3. The summed E-state index contributed by atoms with van der Waals surface area (Å²) in [6.45, 7) is 0. The van der Waals surface area contributed by atoms with Crippen molar-refractivity contribution in [2.24, 2.45) is 0 Å². The molecule has 0 heterocycles. The van der Waals surface area contributed by atoms with E-state index in [2.05, 4.69) is 4.84 Å². The molecule has 15 heavy (non-hydrogen) atoms. The van der Waals surface area contributed by atoms with E-state index in [0.29, 0.717) is 19.0 Å². The van der Waals surface area contributed by atoms with Crippen LogP contribution >= 0.6 is 0 Å². The Bertz CT molecular complexity index is 239. The van der Waals surface area contributed by atoms with E-state index in [4.69, 9.17) is 0 Å². The van der Waals surface area contributed by atoms with Crippen molar-refractivity contribution in [3.63, 3.8) is 0 Å². The van der Waals surface area contributed by atoms with E-state index in [9.17, 15) is 19.2 Å². The van der Waals surface area contributed by atoms with Crippen LogP contribution in [0.4, 0.5) is 0 Å². The standard InChI is InChI=1S/C9H13NO5/c11-6-2-1-5-9(14)15-10-8(13)4-3-7-12/h6-7H,1-5H2,(H,10,13). The Morgan fingerprint density at radius 3 is 2.33 bits per heavy atom. The predicted molar refractivity (Wildman–Crippen MR) is 49.4 cm³/mol. The molecule has 0 aromatic heterocycles. The first-order valence-corrected chi connectivity index (χ1v) is 4.56. The summed E-state index contributed by atoms with van der Waals surface area (Å²) in [5.74, 6) is -1.12. The summed E-state index contributed by atoms with van der Waals surface area (Å²) in [5, 5.41) is 0. The van der Waals surface area contributed by atoms with Gasteiger partial charge in [0.05, 0.1) is 0 Å². The molecule has 0 unspecified atom stereocenters. The minimum absolute atomic E-state index is 0.00881. The van der Waals surface area contributed by atoms with E-state index in [1.807, 2.05) is 5.48 Å². The first-order valence-electron chi connectivity index (χ1n) is 4.56. The van der Waals surface area contributed by atoms with E-state index in [-0.39, 0.29) is 25.7 Å². The van der Waals surface area contributed by atoms with Crippen LogP contribution in [0.5, 0.6) is 0 Å². The second-order valence-electron chi connectivity index (χ2n) is 2.76. The molecule has 0 aromatic rings. The number of hydrogen-bond acceptors (Lipinski definition) is 5. The van der Waals surface area contributed by atoms with Crippen LogP contribution in [0.15, 0.2) is 0 Å². The van der Waals surface area contributed by atoms with Gasteiger partial charge in [-0.1, -0.05) is 0 Å². The van der Waals surface area contributed by atoms with Gasteiger partial charge in [-0.05, 0) is 6.42 Å². The zero-order chi connectivity index (χ0) is 11.5. The summed E-state index contributed by atoms with van der Waals surface area (Å²) in [7, 11) is 0. The Kier molecular flexibility index (Phi) is 7.84. The molecule has 0 aromatic carbocycles. The molecule has 0 atom stereocenters. The predicted octanol–water partition coefficient (Wildman–Crippen LogP) is -0.0909. The SMILES string of the molecule is O=CCCCC(=O)ONC(=O)CCC=O. The van der Waals surface area contributed by atoms with Gasteiger partial charge in [-0.25, -0.2) is 4.79 Å². The lowest BCUT2D eigenvalue weighted by atomic mass is 10.2. The van der Waals surface area contributed by atoms with Gasteiger partial charge < -0.3 is 14.4 Å². The van der Waals surface area contributed by atoms with Crippen LogP contribution in [0.25, 0.3) is 0 Å². The lowest BCUT2D eigenvalue weighted by Gasteiger charge is -2.03. The minimum atomic E-state index is -0.601. The van der Waals surface area contributed by atoms with Crippen molar-refractivity contribution in [1.82, 2.24) is 5.48 Å². The quantitative estimate of drug-likeness (QED) is 0.364. The lowest BCUT2D eigenvalue weighted by Crippen LogP contribution is -2.26. The van der Waals surface area contributed by atoms with Crippen molar-refractivity contribution in [2.45, 2.75) is 32.1 Å². The van der Waals surface area contributed by atoms with Gasteiger partial charge in [-0.2, -0.15) is 5.48 Å². The Balaban J connectivity index is 3.48. The highest BCUT2D eigenvalue weighted by molar-refractivity contribution is 5.79. The molecule has 0 aliphatic rings. The highest BCUT2D eigenvalue weighted by atomic mass is 16.7.